The molecule has 0 aliphatic heterocycles. The summed E-state index contributed by atoms with van der Waals surface area (Å²) in [5.41, 5.74) is 2.06. The number of rotatable bonds is 6. The molecule has 9 heteroatoms. The van der Waals surface area contributed by atoms with E-state index in [2.05, 4.69) is 10.3 Å². The maximum Gasteiger partial charge on any atom is 0.230 e. The van der Waals surface area contributed by atoms with E-state index in [4.69, 9.17) is 9.15 Å². The van der Waals surface area contributed by atoms with Crippen LogP contribution < -0.4 is 10.1 Å². The largest absolute Gasteiger partial charge is 0.497 e. The van der Waals surface area contributed by atoms with Crippen LogP contribution in [0.1, 0.15) is 5.56 Å². The van der Waals surface area contributed by atoms with E-state index in [-0.39, 0.29) is 17.2 Å². The van der Waals surface area contributed by atoms with Gasteiger partial charge >= 0.3 is 0 Å². The molecular weight excluding hydrogens is 424 g/mol. The van der Waals surface area contributed by atoms with Crippen molar-refractivity contribution in [3.63, 3.8) is 0 Å². The maximum atomic E-state index is 12.3. The Kier molecular flexibility index (Phi) is 5.31. The predicted molar refractivity (Wildman–Crippen MR) is 116 cm³/mol. The molecule has 1 amide bonds. The number of nitrogens with zero attached hydrogens (tertiary/aromatic N) is 1. The Bertz CT molecular complexity index is 1320. The smallest absolute Gasteiger partial charge is 0.230 e. The first-order valence-electron chi connectivity index (χ1n) is 8.94. The molecule has 0 atom stereocenters. The number of aromatic nitrogens is 1. The van der Waals surface area contributed by atoms with Gasteiger partial charge in [-0.3, -0.25) is 4.79 Å². The number of methoxy groups -OCH3 is 1. The van der Waals surface area contributed by atoms with Gasteiger partial charge < -0.3 is 14.5 Å². The Morgan fingerprint density at radius 1 is 1.17 bits per heavy atom. The summed E-state index contributed by atoms with van der Waals surface area (Å²) >= 11 is 1.30. The van der Waals surface area contributed by atoms with Crippen molar-refractivity contribution in [1.82, 2.24) is 4.98 Å². The lowest BCUT2D eigenvalue weighted by atomic mass is 10.1. The second-order valence-electron chi connectivity index (χ2n) is 6.69. The molecule has 4 rings (SSSR count). The lowest BCUT2D eigenvalue weighted by Crippen LogP contribution is -2.14. The number of amides is 1. The number of ether oxygens (including phenoxy) is 1. The highest BCUT2D eigenvalue weighted by Gasteiger charge is 2.13. The van der Waals surface area contributed by atoms with Crippen molar-refractivity contribution < 1.29 is 22.4 Å². The van der Waals surface area contributed by atoms with E-state index in [0.717, 1.165) is 23.0 Å². The van der Waals surface area contributed by atoms with E-state index in [1.165, 1.54) is 23.5 Å². The Hall–Kier alpha value is -3.17. The van der Waals surface area contributed by atoms with Gasteiger partial charge in [-0.15, -0.1) is 11.3 Å². The van der Waals surface area contributed by atoms with E-state index in [1.807, 2.05) is 29.6 Å². The quantitative estimate of drug-likeness (QED) is 0.482. The van der Waals surface area contributed by atoms with Gasteiger partial charge in [-0.05, 0) is 42.0 Å². The van der Waals surface area contributed by atoms with Gasteiger partial charge in [0.15, 0.2) is 20.7 Å². The third kappa shape index (κ3) is 4.37. The highest BCUT2D eigenvalue weighted by molar-refractivity contribution is 7.90. The molecule has 0 bridgehead atoms. The SMILES string of the molecule is COc1ccc2oc(-c3csc(NC(=O)Cc4ccc(S(C)(=O)=O)cc4)n3)cc2c1. The van der Waals surface area contributed by atoms with E-state index in [1.54, 1.807) is 19.2 Å². The molecule has 2 heterocycles. The Morgan fingerprint density at radius 3 is 2.63 bits per heavy atom. The van der Waals surface area contributed by atoms with Gasteiger partial charge in [-0.25, -0.2) is 13.4 Å². The Labute approximate surface area is 177 Å². The molecular formula is C21H18N2O5S2. The fourth-order valence-electron chi connectivity index (χ4n) is 2.92. The number of hydrogen-bond acceptors (Lipinski definition) is 7. The zero-order chi connectivity index (χ0) is 21.3. The van der Waals surface area contributed by atoms with Crippen LogP contribution in [0.15, 0.2) is 63.2 Å². The summed E-state index contributed by atoms with van der Waals surface area (Å²) in [4.78, 5) is 17.0. The summed E-state index contributed by atoms with van der Waals surface area (Å²) in [5, 5.41) is 5.94. The average molecular weight is 443 g/mol. The van der Waals surface area contributed by atoms with Crippen molar-refractivity contribution in [2.24, 2.45) is 0 Å². The molecule has 4 aromatic rings. The van der Waals surface area contributed by atoms with Gasteiger partial charge in [-0.2, -0.15) is 0 Å². The highest BCUT2D eigenvalue weighted by Crippen LogP contribution is 2.32. The van der Waals surface area contributed by atoms with Gasteiger partial charge in [0.1, 0.15) is 17.0 Å². The topological polar surface area (TPSA) is 98.5 Å². The first-order valence-corrected chi connectivity index (χ1v) is 11.7. The molecule has 0 fully saturated rings. The molecule has 2 aromatic heterocycles. The van der Waals surface area contributed by atoms with Crippen LogP contribution in [0.3, 0.4) is 0 Å². The number of benzene rings is 2. The Balaban J connectivity index is 1.44. The fourth-order valence-corrected chi connectivity index (χ4v) is 4.27. The number of fused-ring (bicyclic) bond motifs is 1. The van der Waals surface area contributed by atoms with Crippen molar-refractivity contribution in [2.45, 2.75) is 11.3 Å². The normalized spacial score (nSPS) is 11.5. The summed E-state index contributed by atoms with van der Waals surface area (Å²) in [6.45, 7) is 0. The van der Waals surface area contributed by atoms with E-state index < -0.39 is 9.84 Å². The van der Waals surface area contributed by atoms with Gasteiger partial charge in [0.05, 0.1) is 18.4 Å². The molecule has 0 spiro atoms. The number of carbonyl (C=O) groups excluding carboxylic acids is 1. The molecule has 0 aliphatic rings. The second kappa shape index (κ2) is 7.92. The van der Waals surface area contributed by atoms with Gasteiger partial charge in [0, 0.05) is 17.0 Å². The second-order valence-corrected chi connectivity index (χ2v) is 9.57. The number of thiazole rings is 1. The number of hydrogen-bond donors (Lipinski definition) is 1. The summed E-state index contributed by atoms with van der Waals surface area (Å²) in [6, 6.07) is 13.7. The number of sulfone groups is 1. The van der Waals surface area contributed by atoms with Crippen LogP contribution in [-0.2, 0) is 21.1 Å². The fraction of sp³-hybridized carbons (Fsp3) is 0.143. The molecule has 0 saturated heterocycles. The zero-order valence-electron chi connectivity index (χ0n) is 16.2. The minimum absolute atomic E-state index is 0.114. The van der Waals surface area contributed by atoms with Gasteiger partial charge in [0.25, 0.3) is 0 Å². The minimum atomic E-state index is -3.26. The molecule has 154 valence electrons. The van der Waals surface area contributed by atoms with Crippen molar-refractivity contribution in [1.29, 1.82) is 0 Å². The highest BCUT2D eigenvalue weighted by atomic mass is 32.2. The lowest BCUT2D eigenvalue weighted by Gasteiger charge is -2.03. The number of anilines is 1. The van der Waals surface area contributed by atoms with Crippen LogP contribution in [0.25, 0.3) is 22.4 Å². The van der Waals surface area contributed by atoms with Crippen molar-refractivity contribution in [3.05, 3.63) is 59.5 Å². The number of nitrogens with one attached hydrogen (secondary N) is 1. The standard InChI is InChI=1S/C21H18N2O5S2/c1-27-15-5-8-18-14(10-15)11-19(28-18)17-12-29-21(22-17)23-20(24)9-13-3-6-16(7-4-13)30(2,25)26/h3-8,10-12H,9H2,1-2H3,(H,22,23,24). The molecule has 30 heavy (non-hydrogen) atoms. The summed E-state index contributed by atoms with van der Waals surface area (Å²) in [6.07, 6.45) is 1.26. The first-order chi connectivity index (χ1) is 14.3. The molecule has 0 radical (unpaired) electrons. The molecule has 2 aromatic carbocycles. The first kappa shape index (κ1) is 20.1. The van der Waals surface area contributed by atoms with Crippen molar-refractivity contribution in [2.75, 3.05) is 18.7 Å². The average Bonchev–Trinajstić information content (AvgIpc) is 3.33. The summed E-state index contributed by atoms with van der Waals surface area (Å²) in [5.74, 6) is 1.11. The van der Waals surface area contributed by atoms with Crippen molar-refractivity contribution in [3.8, 4) is 17.2 Å². The minimum Gasteiger partial charge on any atom is -0.497 e. The third-order valence-electron chi connectivity index (χ3n) is 4.44. The van der Waals surface area contributed by atoms with Crippen LogP contribution in [0.5, 0.6) is 5.75 Å². The van der Waals surface area contributed by atoms with Crippen LogP contribution in [0.2, 0.25) is 0 Å². The molecule has 0 unspecified atom stereocenters. The van der Waals surface area contributed by atoms with E-state index in [9.17, 15) is 13.2 Å². The summed E-state index contributed by atoms with van der Waals surface area (Å²) < 4.78 is 34.1. The van der Waals surface area contributed by atoms with Crippen LogP contribution in [0, 0.1) is 0 Å². The van der Waals surface area contributed by atoms with Gasteiger partial charge in [-0.1, -0.05) is 12.1 Å². The lowest BCUT2D eigenvalue weighted by molar-refractivity contribution is -0.115. The van der Waals surface area contributed by atoms with E-state index >= 15 is 0 Å². The van der Waals surface area contributed by atoms with Crippen LogP contribution in [-0.4, -0.2) is 32.7 Å². The number of furan rings is 1. The molecule has 1 N–H and O–H groups in total. The van der Waals surface area contributed by atoms with Gasteiger partial charge in [0.2, 0.25) is 5.91 Å². The summed E-state index contributed by atoms with van der Waals surface area (Å²) in [7, 11) is -1.65. The van der Waals surface area contributed by atoms with E-state index in [0.29, 0.717) is 22.1 Å². The number of carbonyl (C=O) groups is 1. The molecule has 0 saturated carbocycles. The third-order valence-corrected chi connectivity index (χ3v) is 6.33. The van der Waals surface area contributed by atoms with Crippen LogP contribution >= 0.6 is 11.3 Å². The maximum absolute atomic E-state index is 12.3. The predicted octanol–water partition coefficient (Wildman–Crippen LogP) is 4.15. The zero-order valence-corrected chi connectivity index (χ0v) is 17.8. The Morgan fingerprint density at radius 2 is 1.93 bits per heavy atom. The molecule has 7 nitrogen and oxygen atoms in total. The van der Waals surface area contributed by atoms with Crippen LogP contribution in [0.4, 0.5) is 5.13 Å². The van der Waals surface area contributed by atoms with Crippen molar-refractivity contribution >= 4 is 43.2 Å². The molecule has 0 aliphatic carbocycles. The monoisotopic (exact) mass is 442 g/mol.